The zero-order chi connectivity index (χ0) is 13.6. The summed E-state index contributed by atoms with van der Waals surface area (Å²) in [6.45, 7) is 8.93. The molecule has 0 aromatic carbocycles. The largest absolute Gasteiger partial charge is 0.382 e. The summed E-state index contributed by atoms with van der Waals surface area (Å²) in [5, 5.41) is 3.16. The SMILES string of the molecule is CCN(CC)C(=O)CNCCCCOCCOC. The molecule has 0 spiro atoms. The van der Waals surface area contributed by atoms with E-state index in [0.717, 1.165) is 39.1 Å². The van der Waals surface area contributed by atoms with E-state index in [1.807, 2.05) is 18.7 Å². The van der Waals surface area contributed by atoms with Crippen LogP contribution in [0.3, 0.4) is 0 Å². The highest BCUT2D eigenvalue weighted by atomic mass is 16.5. The smallest absolute Gasteiger partial charge is 0.236 e. The fourth-order valence-corrected chi connectivity index (χ4v) is 1.58. The molecule has 0 aliphatic heterocycles. The molecule has 0 aromatic heterocycles. The number of likely N-dealkylation sites (N-methyl/N-ethyl adjacent to an activating group) is 1. The quantitative estimate of drug-likeness (QED) is 0.529. The van der Waals surface area contributed by atoms with Gasteiger partial charge in [-0.15, -0.1) is 0 Å². The first-order valence-electron chi connectivity index (χ1n) is 6.81. The first-order valence-corrected chi connectivity index (χ1v) is 6.81. The van der Waals surface area contributed by atoms with E-state index in [-0.39, 0.29) is 5.91 Å². The molecule has 0 saturated carbocycles. The highest BCUT2D eigenvalue weighted by molar-refractivity contribution is 5.78. The molecule has 0 aromatic rings. The van der Waals surface area contributed by atoms with E-state index in [9.17, 15) is 4.79 Å². The van der Waals surface area contributed by atoms with Crippen molar-refractivity contribution < 1.29 is 14.3 Å². The summed E-state index contributed by atoms with van der Waals surface area (Å²) in [4.78, 5) is 13.5. The predicted molar refractivity (Wildman–Crippen MR) is 72.7 cm³/mol. The molecule has 0 heterocycles. The molecule has 0 bridgehead atoms. The maximum atomic E-state index is 11.6. The number of nitrogens with zero attached hydrogens (tertiary/aromatic N) is 1. The number of hydrogen-bond acceptors (Lipinski definition) is 4. The van der Waals surface area contributed by atoms with Crippen molar-refractivity contribution in [2.24, 2.45) is 0 Å². The Morgan fingerprint density at radius 2 is 1.83 bits per heavy atom. The molecule has 108 valence electrons. The van der Waals surface area contributed by atoms with Gasteiger partial charge < -0.3 is 19.7 Å². The van der Waals surface area contributed by atoms with Crippen LogP contribution in [0.25, 0.3) is 0 Å². The summed E-state index contributed by atoms with van der Waals surface area (Å²) in [6, 6.07) is 0. The monoisotopic (exact) mass is 260 g/mol. The average Bonchev–Trinajstić information content (AvgIpc) is 2.38. The number of carbonyl (C=O) groups excluding carboxylic acids is 1. The van der Waals surface area contributed by atoms with E-state index < -0.39 is 0 Å². The topological polar surface area (TPSA) is 50.8 Å². The Balaban J connectivity index is 3.27. The van der Waals surface area contributed by atoms with Gasteiger partial charge in [0.2, 0.25) is 5.91 Å². The van der Waals surface area contributed by atoms with Gasteiger partial charge in [0.15, 0.2) is 0 Å². The van der Waals surface area contributed by atoms with Crippen molar-refractivity contribution in [2.75, 3.05) is 53.1 Å². The van der Waals surface area contributed by atoms with E-state index in [1.165, 1.54) is 0 Å². The lowest BCUT2D eigenvalue weighted by molar-refractivity contribution is -0.129. The molecule has 18 heavy (non-hydrogen) atoms. The normalized spacial score (nSPS) is 10.6. The first kappa shape index (κ1) is 17.4. The highest BCUT2D eigenvalue weighted by Crippen LogP contribution is 1.90. The number of nitrogens with one attached hydrogen (secondary N) is 1. The number of rotatable bonds is 12. The van der Waals surface area contributed by atoms with Gasteiger partial charge in [0.05, 0.1) is 19.8 Å². The number of carbonyl (C=O) groups is 1. The van der Waals surface area contributed by atoms with Crippen molar-refractivity contribution in [2.45, 2.75) is 26.7 Å². The van der Waals surface area contributed by atoms with E-state index in [0.29, 0.717) is 19.8 Å². The van der Waals surface area contributed by atoms with Crippen molar-refractivity contribution in [3.63, 3.8) is 0 Å². The Hall–Kier alpha value is -0.650. The van der Waals surface area contributed by atoms with Crippen LogP contribution in [-0.2, 0) is 14.3 Å². The molecule has 0 atom stereocenters. The van der Waals surface area contributed by atoms with Gasteiger partial charge in [0, 0.05) is 26.8 Å². The van der Waals surface area contributed by atoms with Crippen LogP contribution >= 0.6 is 0 Å². The number of ether oxygens (including phenoxy) is 2. The molecule has 0 fully saturated rings. The summed E-state index contributed by atoms with van der Waals surface area (Å²) in [5.41, 5.74) is 0. The lowest BCUT2D eigenvalue weighted by Gasteiger charge is -2.18. The fourth-order valence-electron chi connectivity index (χ4n) is 1.58. The Morgan fingerprint density at radius 1 is 1.11 bits per heavy atom. The minimum Gasteiger partial charge on any atom is -0.382 e. The second-order valence-corrected chi connectivity index (χ2v) is 4.06. The van der Waals surface area contributed by atoms with Crippen LogP contribution in [0.15, 0.2) is 0 Å². The second-order valence-electron chi connectivity index (χ2n) is 4.06. The van der Waals surface area contributed by atoms with Crippen LogP contribution in [0.5, 0.6) is 0 Å². The van der Waals surface area contributed by atoms with Crippen LogP contribution in [0.1, 0.15) is 26.7 Å². The Labute approximate surface area is 111 Å². The molecule has 0 unspecified atom stereocenters. The Kier molecular flexibility index (Phi) is 12.3. The Bertz CT molecular complexity index is 197. The van der Waals surface area contributed by atoms with Gasteiger partial charge in [-0.05, 0) is 33.2 Å². The Morgan fingerprint density at radius 3 is 2.44 bits per heavy atom. The number of methoxy groups -OCH3 is 1. The number of unbranched alkanes of at least 4 members (excludes halogenated alkanes) is 1. The van der Waals surface area contributed by atoms with Gasteiger partial charge >= 0.3 is 0 Å². The van der Waals surface area contributed by atoms with Gasteiger partial charge in [0.25, 0.3) is 0 Å². The van der Waals surface area contributed by atoms with Gasteiger partial charge in [-0.1, -0.05) is 0 Å². The standard InChI is InChI=1S/C13H28N2O3/c1-4-15(5-2)13(16)12-14-8-6-7-9-18-11-10-17-3/h14H,4-12H2,1-3H3. The molecule has 1 N–H and O–H groups in total. The fraction of sp³-hybridized carbons (Fsp3) is 0.923. The van der Waals surface area contributed by atoms with Crippen molar-refractivity contribution in [3.05, 3.63) is 0 Å². The minimum atomic E-state index is 0.177. The first-order chi connectivity index (χ1) is 8.76. The van der Waals surface area contributed by atoms with Crippen molar-refractivity contribution >= 4 is 5.91 Å². The third kappa shape index (κ3) is 9.39. The summed E-state index contributed by atoms with van der Waals surface area (Å²) in [6.07, 6.45) is 2.04. The summed E-state index contributed by atoms with van der Waals surface area (Å²) >= 11 is 0. The molecule has 0 saturated heterocycles. The second kappa shape index (κ2) is 12.8. The zero-order valence-electron chi connectivity index (χ0n) is 12.0. The van der Waals surface area contributed by atoms with Crippen LogP contribution in [0.2, 0.25) is 0 Å². The maximum Gasteiger partial charge on any atom is 0.236 e. The molecule has 0 aliphatic carbocycles. The summed E-state index contributed by atoms with van der Waals surface area (Å²) in [5.74, 6) is 0.177. The molecule has 1 amide bonds. The van der Waals surface area contributed by atoms with E-state index in [4.69, 9.17) is 9.47 Å². The van der Waals surface area contributed by atoms with Gasteiger partial charge in [-0.3, -0.25) is 4.79 Å². The molecule has 0 rings (SSSR count). The molecule has 5 nitrogen and oxygen atoms in total. The van der Waals surface area contributed by atoms with E-state index in [2.05, 4.69) is 5.32 Å². The maximum absolute atomic E-state index is 11.6. The third-order valence-electron chi connectivity index (χ3n) is 2.72. The van der Waals surface area contributed by atoms with Crippen molar-refractivity contribution in [1.29, 1.82) is 0 Å². The van der Waals surface area contributed by atoms with Crippen molar-refractivity contribution in [1.82, 2.24) is 10.2 Å². The molecule has 0 radical (unpaired) electrons. The number of amides is 1. The summed E-state index contributed by atoms with van der Waals surface area (Å²) < 4.78 is 10.2. The third-order valence-corrected chi connectivity index (χ3v) is 2.72. The zero-order valence-corrected chi connectivity index (χ0v) is 12.0. The molecule has 5 heteroatoms. The summed E-state index contributed by atoms with van der Waals surface area (Å²) in [7, 11) is 1.67. The van der Waals surface area contributed by atoms with Crippen LogP contribution < -0.4 is 5.32 Å². The minimum absolute atomic E-state index is 0.177. The van der Waals surface area contributed by atoms with Crippen LogP contribution in [0.4, 0.5) is 0 Å². The lowest BCUT2D eigenvalue weighted by Crippen LogP contribution is -2.38. The van der Waals surface area contributed by atoms with Crippen LogP contribution in [0, 0.1) is 0 Å². The highest BCUT2D eigenvalue weighted by Gasteiger charge is 2.07. The molecular formula is C13H28N2O3. The van der Waals surface area contributed by atoms with Gasteiger partial charge in [0.1, 0.15) is 0 Å². The van der Waals surface area contributed by atoms with E-state index in [1.54, 1.807) is 7.11 Å². The van der Waals surface area contributed by atoms with Crippen LogP contribution in [-0.4, -0.2) is 63.9 Å². The van der Waals surface area contributed by atoms with E-state index >= 15 is 0 Å². The van der Waals surface area contributed by atoms with Gasteiger partial charge in [-0.2, -0.15) is 0 Å². The molecule has 0 aliphatic rings. The lowest BCUT2D eigenvalue weighted by atomic mass is 10.3. The van der Waals surface area contributed by atoms with Gasteiger partial charge in [-0.25, -0.2) is 0 Å². The molecular weight excluding hydrogens is 232 g/mol. The predicted octanol–water partition coefficient (Wildman–Crippen LogP) is 0.888. The number of hydrogen-bond donors (Lipinski definition) is 1. The average molecular weight is 260 g/mol. The van der Waals surface area contributed by atoms with Crippen molar-refractivity contribution in [3.8, 4) is 0 Å².